The minimum atomic E-state index is -1.08. The molecule has 8 aromatic carbocycles. The van der Waals surface area contributed by atoms with E-state index in [2.05, 4.69) is 0 Å². The van der Waals surface area contributed by atoms with Crippen molar-refractivity contribution in [3.05, 3.63) is 55.8 Å². The van der Waals surface area contributed by atoms with Gasteiger partial charge in [0.1, 0.15) is 34.5 Å². The second kappa shape index (κ2) is 7.96. The van der Waals surface area contributed by atoms with E-state index in [9.17, 15) is 45.3 Å². The van der Waals surface area contributed by atoms with Crippen molar-refractivity contribution in [2.45, 2.75) is 39.2 Å². The Morgan fingerprint density at radius 2 is 0.977 bits per heavy atom. The van der Waals surface area contributed by atoms with E-state index >= 15 is 0 Å². The molecule has 43 heavy (non-hydrogen) atoms. The van der Waals surface area contributed by atoms with Crippen molar-refractivity contribution < 1.29 is 35.7 Å². The van der Waals surface area contributed by atoms with Gasteiger partial charge in [-0.2, -0.15) is 0 Å². The van der Waals surface area contributed by atoms with E-state index in [1.165, 1.54) is 12.1 Å². The predicted octanol–water partition coefficient (Wildman–Crippen LogP) is 5.86. The molecule has 7 N–H and O–H groups in total. The highest BCUT2D eigenvalue weighted by atomic mass is 16.3. The fraction of sp³-hybridized carbons (Fsp3) is 0.176. The van der Waals surface area contributed by atoms with E-state index in [1.54, 1.807) is 6.92 Å². The van der Waals surface area contributed by atoms with Gasteiger partial charge in [0.2, 0.25) is 0 Å². The quantitative estimate of drug-likeness (QED) is 0.0999. The van der Waals surface area contributed by atoms with Gasteiger partial charge in [0, 0.05) is 55.2 Å². The first-order valence-corrected chi connectivity index (χ1v) is 14.0. The Kier molecular flexibility index (Phi) is 4.71. The summed E-state index contributed by atoms with van der Waals surface area (Å²) in [5, 5.41) is 81.1. The van der Waals surface area contributed by atoms with Crippen LogP contribution < -0.4 is 10.9 Å². The summed E-state index contributed by atoms with van der Waals surface area (Å²) in [4.78, 5) is 27.4. The van der Waals surface area contributed by atoms with Crippen LogP contribution in [0.25, 0.3) is 75.4 Å². The van der Waals surface area contributed by atoms with Gasteiger partial charge in [-0.3, -0.25) is 9.59 Å². The Morgan fingerprint density at radius 3 is 1.60 bits per heavy atom. The molecular formula is C34H24O9. The summed E-state index contributed by atoms with van der Waals surface area (Å²) >= 11 is 0. The van der Waals surface area contributed by atoms with Gasteiger partial charge >= 0.3 is 0 Å². The molecule has 0 aliphatic rings. The van der Waals surface area contributed by atoms with Crippen LogP contribution in [0.1, 0.15) is 43.9 Å². The molecule has 0 bridgehead atoms. The maximum atomic E-state index is 13.8. The lowest BCUT2D eigenvalue weighted by Gasteiger charge is -2.27. The van der Waals surface area contributed by atoms with E-state index in [0.717, 1.165) is 12.1 Å². The van der Waals surface area contributed by atoms with Gasteiger partial charge in [-0.1, -0.05) is 20.3 Å². The molecule has 1 atom stereocenters. The molecule has 0 saturated carbocycles. The third-order valence-corrected chi connectivity index (χ3v) is 9.23. The van der Waals surface area contributed by atoms with Gasteiger partial charge in [-0.15, -0.1) is 0 Å². The highest BCUT2D eigenvalue weighted by Crippen LogP contribution is 2.60. The lowest BCUT2D eigenvalue weighted by Crippen LogP contribution is -2.09. The molecule has 8 aromatic rings. The van der Waals surface area contributed by atoms with Crippen molar-refractivity contribution in [2.24, 2.45) is 0 Å². The number of aryl methyl sites for hydroxylation is 1. The average Bonchev–Trinajstić information content (AvgIpc) is 2.95. The average molecular weight is 577 g/mol. The Morgan fingerprint density at radius 1 is 0.512 bits per heavy atom. The first-order chi connectivity index (χ1) is 20.5. The fourth-order valence-electron chi connectivity index (χ4n) is 7.66. The number of hydrogen-bond acceptors (Lipinski definition) is 9. The molecule has 0 aliphatic carbocycles. The van der Waals surface area contributed by atoms with Crippen LogP contribution in [0.2, 0.25) is 0 Å². The van der Waals surface area contributed by atoms with Gasteiger partial charge in [0.15, 0.2) is 10.9 Å². The molecule has 8 rings (SSSR count). The molecule has 0 aromatic heterocycles. The van der Waals surface area contributed by atoms with E-state index < -0.39 is 45.7 Å². The Hall–Kier alpha value is -5.28. The molecule has 214 valence electrons. The minimum absolute atomic E-state index is 0.0297. The summed E-state index contributed by atoms with van der Waals surface area (Å²) in [6.45, 7) is 3.70. The number of aliphatic hydroxyl groups excluding tert-OH is 1. The molecule has 0 amide bonds. The molecule has 0 aliphatic heterocycles. The lowest BCUT2D eigenvalue weighted by atomic mass is 9.76. The SMILES string of the molecule is CCCc1cc(=O)c2c(O)c3c(O)cc(O)c4c5c(=O)cc(O)c6c(O)c7c(O)cc([C@@H](O)CC)c8c1c2c(c34)c(c78)c65. The summed E-state index contributed by atoms with van der Waals surface area (Å²) in [7, 11) is 0. The lowest BCUT2D eigenvalue weighted by molar-refractivity contribution is 0.175. The molecule has 0 fully saturated rings. The molecule has 9 nitrogen and oxygen atoms in total. The second-order valence-corrected chi connectivity index (χ2v) is 11.4. The van der Waals surface area contributed by atoms with E-state index in [4.69, 9.17) is 0 Å². The van der Waals surface area contributed by atoms with Gasteiger partial charge in [0.25, 0.3) is 0 Å². The Balaban J connectivity index is 1.97. The molecule has 9 heteroatoms. The number of rotatable bonds is 4. The topological polar surface area (TPSA) is 176 Å². The van der Waals surface area contributed by atoms with Crippen LogP contribution in [0.5, 0.6) is 34.5 Å². The zero-order valence-electron chi connectivity index (χ0n) is 23.0. The molecule has 0 spiro atoms. The summed E-state index contributed by atoms with van der Waals surface area (Å²) in [5.41, 5.74) is -0.283. The van der Waals surface area contributed by atoms with Crippen LogP contribution >= 0.6 is 0 Å². The Bertz CT molecular complexity index is 2620. The summed E-state index contributed by atoms with van der Waals surface area (Å²) in [5.74, 6) is -2.95. The van der Waals surface area contributed by atoms with Crippen molar-refractivity contribution in [3.63, 3.8) is 0 Å². The highest BCUT2D eigenvalue weighted by molar-refractivity contribution is 6.51. The van der Waals surface area contributed by atoms with E-state index in [-0.39, 0.29) is 66.0 Å². The number of benzene rings is 8. The minimum Gasteiger partial charge on any atom is -0.507 e. The zero-order chi connectivity index (χ0) is 30.4. The number of fused-ring (bicyclic) bond motifs is 2. The smallest absolute Gasteiger partial charge is 0.190 e. The first kappa shape index (κ1) is 25.4. The van der Waals surface area contributed by atoms with E-state index in [1.807, 2.05) is 6.92 Å². The molecule has 0 heterocycles. The molecular weight excluding hydrogens is 552 g/mol. The van der Waals surface area contributed by atoms with Crippen LogP contribution in [-0.2, 0) is 6.42 Å². The summed E-state index contributed by atoms with van der Waals surface area (Å²) < 4.78 is 0. The molecule has 0 unspecified atom stereocenters. The van der Waals surface area contributed by atoms with Gasteiger partial charge in [-0.05, 0) is 46.9 Å². The van der Waals surface area contributed by atoms with Crippen LogP contribution in [0.15, 0.2) is 33.9 Å². The van der Waals surface area contributed by atoms with Crippen LogP contribution in [0, 0.1) is 0 Å². The third kappa shape index (κ3) is 2.71. The standard InChI is InChI=1S/C34H24O9/c1-3-5-10-6-13(36)23-27-19(10)20-11(12(35)4-2)7-14(37)24-28(20)32-30-22(16(39)9-18(41)26(30)34(24)43)21-15(38)8-17(40)25(33(23)42)29(21)31(27)32/h6-9,12,35,37-38,40-43H,3-5H2,1-2H3/t12-/m0/s1. The first-order valence-electron chi connectivity index (χ1n) is 14.0. The Labute approximate surface area is 240 Å². The van der Waals surface area contributed by atoms with Crippen molar-refractivity contribution in [1.29, 1.82) is 0 Å². The van der Waals surface area contributed by atoms with Crippen molar-refractivity contribution >= 4 is 75.4 Å². The van der Waals surface area contributed by atoms with Crippen LogP contribution in [0.3, 0.4) is 0 Å². The van der Waals surface area contributed by atoms with Crippen molar-refractivity contribution in [1.82, 2.24) is 0 Å². The second-order valence-electron chi connectivity index (χ2n) is 11.4. The number of phenols is 6. The van der Waals surface area contributed by atoms with Crippen LogP contribution in [-0.4, -0.2) is 35.7 Å². The fourth-order valence-corrected chi connectivity index (χ4v) is 7.66. The van der Waals surface area contributed by atoms with Gasteiger partial charge < -0.3 is 35.7 Å². The van der Waals surface area contributed by atoms with Crippen molar-refractivity contribution in [3.8, 4) is 34.5 Å². The third-order valence-electron chi connectivity index (χ3n) is 9.23. The number of hydrogen-bond donors (Lipinski definition) is 7. The predicted molar refractivity (Wildman–Crippen MR) is 166 cm³/mol. The number of aliphatic hydroxyl groups is 1. The van der Waals surface area contributed by atoms with Crippen molar-refractivity contribution in [2.75, 3.05) is 0 Å². The maximum Gasteiger partial charge on any atom is 0.190 e. The summed E-state index contributed by atoms with van der Waals surface area (Å²) in [6.07, 6.45) is 0.261. The number of aromatic hydroxyl groups is 6. The monoisotopic (exact) mass is 576 g/mol. The molecule has 0 radical (unpaired) electrons. The van der Waals surface area contributed by atoms with Crippen LogP contribution in [0.4, 0.5) is 0 Å². The zero-order valence-corrected chi connectivity index (χ0v) is 23.0. The van der Waals surface area contributed by atoms with Gasteiger partial charge in [-0.25, -0.2) is 0 Å². The van der Waals surface area contributed by atoms with E-state index in [0.29, 0.717) is 45.5 Å². The maximum absolute atomic E-state index is 13.8. The summed E-state index contributed by atoms with van der Waals surface area (Å²) in [6, 6.07) is 4.65. The molecule has 0 saturated heterocycles. The highest BCUT2D eigenvalue weighted by Gasteiger charge is 2.34. The van der Waals surface area contributed by atoms with Gasteiger partial charge in [0.05, 0.1) is 27.6 Å². The normalized spacial score (nSPS) is 13.5. The largest absolute Gasteiger partial charge is 0.507 e. The number of phenolic OH excluding ortho intramolecular Hbond substituents is 6.